The van der Waals surface area contributed by atoms with Gasteiger partial charge in [0.15, 0.2) is 16.1 Å². The molecule has 1 aliphatic rings. The van der Waals surface area contributed by atoms with Gasteiger partial charge in [-0.05, 0) is 0 Å². The van der Waals surface area contributed by atoms with Gasteiger partial charge in [-0.1, -0.05) is 30.3 Å². The van der Waals surface area contributed by atoms with Gasteiger partial charge >= 0.3 is 0 Å². The van der Waals surface area contributed by atoms with Gasteiger partial charge in [0.2, 0.25) is 0 Å². The van der Waals surface area contributed by atoms with Crippen molar-refractivity contribution in [3.8, 4) is 0 Å². The van der Waals surface area contributed by atoms with Crippen molar-refractivity contribution in [1.29, 1.82) is 0 Å². The van der Waals surface area contributed by atoms with E-state index in [0.29, 0.717) is 5.56 Å². The van der Waals surface area contributed by atoms with Crippen molar-refractivity contribution < 1.29 is 12.8 Å². The predicted octanol–water partition coefficient (Wildman–Crippen LogP) is 1.39. The van der Waals surface area contributed by atoms with Crippen LogP contribution in [0.4, 0.5) is 4.39 Å². The molecule has 1 saturated heterocycles. The molecule has 0 bridgehead atoms. The largest absolute Gasteiger partial charge is 0.268 e. The Morgan fingerprint density at radius 1 is 1.12 bits per heavy atom. The standard InChI is InChI=1S/C11H14FNO2S/c12-11(10-4-2-1-3-5-10)13-6-8-16(14,15)9-7-13/h1-5,11H,6-9H2. The molecule has 1 aliphatic heterocycles. The van der Waals surface area contributed by atoms with E-state index in [2.05, 4.69) is 0 Å². The third-order valence-corrected chi connectivity index (χ3v) is 4.38. The summed E-state index contributed by atoms with van der Waals surface area (Å²) in [7, 11) is -2.94. The molecule has 1 aromatic rings. The normalized spacial score (nSPS) is 22.8. The Morgan fingerprint density at radius 2 is 1.69 bits per heavy atom. The Balaban J connectivity index is 2.05. The first-order chi connectivity index (χ1) is 7.58. The molecule has 5 heteroatoms. The van der Waals surface area contributed by atoms with Crippen LogP contribution in [0, 0.1) is 0 Å². The van der Waals surface area contributed by atoms with Crippen molar-refractivity contribution >= 4 is 9.84 Å². The molecule has 0 amide bonds. The molecule has 0 spiro atoms. The van der Waals surface area contributed by atoms with Crippen molar-refractivity contribution in [3.63, 3.8) is 0 Å². The molecule has 88 valence electrons. The lowest BCUT2D eigenvalue weighted by atomic mass is 10.2. The number of halogens is 1. The Morgan fingerprint density at radius 3 is 2.25 bits per heavy atom. The predicted molar refractivity (Wildman–Crippen MR) is 60.5 cm³/mol. The van der Waals surface area contributed by atoms with E-state index < -0.39 is 16.1 Å². The minimum Gasteiger partial charge on any atom is -0.268 e. The van der Waals surface area contributed by atoms with Gasteiger partial charge in [-0.15, -0.1) is 0 Å². The summed E-state index contributed by atoms with van der Waals surface area (Å²) in [6, 6.07) is 8.82. The van der Waals surface area contributed by atoms with Crippen LogP contribution >= 0.6 is 0 Å². The van der Waals surface area contributed by atoms with Crippen molar-refractivity contribution in [2.45, 2.75) is 6.30 Å². The molecule has 0 aromatic heterocycles. The van der Waals surface area contributed by atoms with Crippen LogP contribution in [-0.4, -0.2) is 37.9 Å². The summed E-state index contributed by atoms with van der Waals surface area (Å²) in [5.41, 5.74) is 0.585. The highest BCUT2D eigenvalue weighted by atomic mass is 32.2. The van der Waals surface area contributed by atoms with Gasteiger partial charge in [0, 0.05) is 18.7 Å². The maximum absolute atomic E-state index is 14.0. The van der Waals surface area contributed by atoms with E-state index >= 15 is 0 Å². The number of benzene rings is 1. The molecule has 16 heavy (non-hydrogen) atoms. The smallest absolute Gasteiger partial charge is 0.179 e. The van der Waals surface area contributed by atoms with E-state index in [1.807, 2.05) is 6.07 Å². The van der Waals surface area contributed by atoms with Crippen LogP contribution in [0.15, 0.2) is 30.3 Å². The Labute approximate surface area is 94.8 Å². The SMILES string of the molecule is O=S1(=O)CCN(C(F)c2ccccc2)CC1. The van der Waals surface area contributed by atoms with Gasteiger partial charge in [0.05, 0.1) is 11.5 Å². The summed E-state index contributed by atoms with van der Waals surface area (Å²) in [6.45, 7) is 0.552. The highest BCUT2D eigenvalue weighted by molar-refractivity contribution is 7.91. The number of alkyl halides is 1. The quantitative estimate of drug-likeness (QED) is 0.737. The molecule has 0 saturated carbocycles. The maximum atomic E-state index is 14.0. The second kappa shape index (κ2) is 4.51. The third kappa shape index (κ3) is 2.59. The topological polar surface area (TPSA) is 37.4 Å². The molecule has 1 atom stereocenters. The fourth-order valence-electron chi connectivity index (χ4n) is 1.78. The number of hydrogen-bond donors (Lipinski definition) is 0. The van der Waals surface area contributed by atoms with E-state index in [-0.39, 0.29) is 24.6 Å². The lowest BCUT2D eigenvalue weighted by Crippen LogP contribution is -2.41. The van der Waals surface area contributed by atoms with Crippen LogP contribution in [0.1, 0.15) is 11.9 Å². The summed E-state index contributed by atoms with van der Waals surface area (Å²) < 4.78 is 36.4. The molecule has 3 nitrogen and oxygen atoms in total. The minimum atomic E-state index is -2.94. The lowest BCUT2D eigenvalue weighted by Gasteiger charge is -2.29. The Bertz CT molecular complexity index is 432. The monoisotopic (exact) mass is 243 g/mol. The summed E-state index contributed by atoms with van der Waals surface area (Å²) in [4.78, 5) is 1.57. The molecule has 0 N–H and O–H groups in total. The molecular formula is C11H14FNO2S. The summed E-state index contributed by atoms with van der Waals surface area (Å²) >= 11 is 0. The summed E-state index contributed by atoms with van der Waals surface area (Å²) in [5.74, 6) is 0.112. The first kappa shape index (κ1) is 11.5. The van der Waals surface area contributed by atoms with Gasteiger partial charge in [-0.25, -0.2) is 12.8 Å². The van der Waals surface area contributed by atoms with E-state index in [1.165, 1.54) is 0 Å². The first-order valence-electron chi connectivity index (χ1n) is 5.22. The molecule has 1 unspecified atom stereocenters. The summed E-state index contributed by atoms with van der Waals surface area (Å²) in [6.07, 6.45) is -1.20. The molecule has 2 rings (SSSR count). The molecule has 1 aromatic carbocycles. The van der Waals surface area contributed by atoms with Crippen molar-refractivity contribution in [2.24, 2.45) is 0 Å². The minimum absolute atomic E-state index is 0.0558. The third-order valence-electron chi connectivity index (χ3n) is 2.77. The Kier molecular flexibility index (Phi) is 3.25. The number of hydrogen-bond acceptors (Lipinski definition) is 3. The van der Waals surface area contributed by atoms with E-state index in [4.69, 9.17) is 0 Å². The first-order valence-corrected chi connectivity index (χ1v) is 7.04. The van der Waals surface area contributed by atoms with Crippen LogP contribution in [0.3, 0.4) is 0 Å². The molecule has 1 fully saturated rings. The number of rotatable bonds is 2. The van der Waals surface area contributed by atoms with Crippen LogP contribution in [0.5, 0.6) is 0 Å². The van der Waals surface area contributed by atoms with E-state index in [9.17, 15) is 12.8 Å². The molecular weight excluding hydrogens is 229 g/mol. The summed E-state index contributed by atoms with van der Waals surface area (Å²) in [5, 5.41) is 0. The molecule has 1 heterocycles. The zero-order chi connectivity index (χ0) is 11.6. The lowest BCUT2D eigenvalue weighted by molar-refractivity contribution is 0.0915. The van der Waals surface area contributed by atoms with Crippen LogP contribution in [0.2, 0.25) is 0 Å². The molecule has 0 aliphatic carbocycles. The fourth-order valence-corrected chi connectivity index (χ4v) is 3.01. The van der Waals surface area contributed by atoms with Crippen LogP contribution < -0.4 is 0 Å². The highest BCUT2D eigenvalue weighted by Crippen LogP contribution is 2.23. The average Bonchev–Trinajstić information content (AvgIpc) is 2.29. The maximum Gasteiger partial charge on any atom is 0.179 e. The van der Waals surface area contributed by atoms with Gasteiger partial charge in [0.25, 0.3) is 0 Å². The number of nitrogens with zero attached hydrogens (tertiary/aromatic N) is 1. The second-order valence-corrected chi connectivity index (χ2v) is 6.24. The van der Waals surface area contributed by atoms with Crippen LogP contribution in [-0.2, 0) is 9.84 Å². The molecule has 0 radical (unpaired) electrons. The van der Waals surface area contributed by atoms with Gasteiger partial charge in [-0.2, -0.15) is 0 Å². The van der Waals surface area contributed by atoms with Gasteiger partial charge in [0.1, 0.15) is 0 Å². The average molecular weight is 243 g/mol. The van der Waals surface area contributed by atoms with Gasteiger partial charge < -0.3 is 0 Å². The fraction of sp³-hybridized carbons (Fsp3) is 0.455. The zero-order valence-electron chi connectivity index (χ0n) is 8.84. The Hall–Kier alpha value is -0.940. The van der Waals surface area contributed by atoms with E-state index in [1.54, 1.807) is 29.2 Å². The van der Waals surface area contributed by atoms with E-state index in [0.717, 1.165) is 0 Å². The van der Waals surface area contributed by atoms with Crippen LogP contribution in [0.25, 0.3) is 0 Å². The van der Waals surface area contributed by atoms with Crippen molar-refractivity contribution in [2.75, 3.05) is 24.6 Å². The zero-order valence-corrected chi connectivity index (χ0v) is 9.66. The van der Waals surface area contributed by atoms with Gasteiger partial charge in [-0.3, -0.25) is 4.90 Å². The number of sulfone groups is 1. The van der Waals surface area contributed by atoms with Crippen molar-refractivity contribution in [3.05, 3.63) is 35.9 Å². The highest BCUT2D eigenvalue weighted by Gasteiger charge is 2.27. The van der Waals surface area contributed by atoms with Crippen molar-refractivity contribution in [1.82, 2.24) is 4.90 Å². The second-order valence-electron chi connectivity index (χ2n) is 3.93.